The third kappa shape index (κ3) is 5.81. The predicted molar refractivity (Wildman–Crippen MR) is 113 cm³/mol. The molecule has 0 aliphatic carbocycles. The third-order valence-electron chi connectivity index (χ3n) is 4.07. The molecule has 3 rings (SSSR count). The van der Waals surface area contributed by atoms with Crippen LogP contribution in [0.3, 0.4) is 0 Å². The van der Waals surface area contributed by atoms with Crippen molar-refractivity contribution in [2.75, 3.05) is 13.7 Å². The lowest BCUT2D eigenvalue weighted by Crippen LogP contribution is -2.08. The second-order valence-electron chi connectivity index (χ2n) is 5.93. The van der Waals surface area contributed by atoms with Crippen LogP contribution in [-0.2, 0) is 11.3 Å². The highest BCUT2D eigenvalue weighted by atomic mass is 16.5. The second kappa shape index (κ2) is 11.3. The number of fused-ring (bicyclic) bond motifs is 3. The van der Waals surface area contributed by atoms with Gasteiger partial charge in [-0.2, -0.15) is 0 Å². The van der Waals surface area contributed by atoms with Crippen molar-refractivity contribution in [1.29, 1.82) is 0 Å². The first-order valence-electron chi connectivity index (χ1n) is 9.05. The zero-order valence-electron chi connectivity index (χ0n) is 15.9. The number of primary amides is 1. The summed E-state index contributed by atoms with van der Waals surface area (Å²) in [6.45, 7) is 0.875. The molecule has 3 N–H and O–H groups in total. The topological polar surface area (TPSA) is 77.5 Å². The Kier molecular flexibility index (Phi) is 8.46. The lowest BCUT2D eigenvalue weighted by atomic mass is 10.2. The molecular weight excluding hydrogens is 352 g/mol. The predicted octanol–water partition coefficient (Wildman–Crippen LogP) is 3.68. The van der Waals surface area contributed by atoms with Gasteiger partial charge in [0.2, 0.25) is 0 Å². The van der Waals surface area contributed by atoms with Gasteiger partial charge in [-0.3, -0.25) is 0 Å². The summed E-state index contributed by atoms with van der Waals surface area (Å²) < 4.78 is 6.13. The van der Waals surface area contributed by atoms with Crippen LogP contribution < -0.4 is 5.73 Å². The molecule has 0 bridgehead atoms. The van der Waals surface area contributed by atoms with Gasteiger partial charge in [0, 0.05) is 34.8 Å². The van der Waals surface area contributed by atoms with Crippen LogP contribution in [-0.4, -0.2) is 29.5 Å². The Labute approximate surface area is 165 Å². The van der Waals surface area contributed by atoms with Crippen molar-refractivity contribution in [3.05, 3.63) is 48.5 Å². The van der Waals surface area contributed by atoms with Crippen molar-refractivity contribution in [1.82, 2.24) is 4.57 Å². The number of nitrogens with zero attached hydrogens (tertiary/aromatic N) is 1. The number of aromatic nitrogens is 1. The molecule has 0 saturated heterocycles. The maximum absolute atomic E-state index is 9.37. The number of para-hydroxylation sites is 2. The third-order valence-corrected chi connectivity index (χ3v) is 4.07. The van der Waals surface area contributed by atoms with E-state index in [1.54, 1.807) is 0 Å². The van der Waals surface area contributed by atoms with Gasteiger partial charge in [-0.05, 0) is 36.8 Å². The minimum Gasteiger partial charge on any atom is -0.453 e. The molecule has 5 heteroatoms. The van der Waals surface area contributed by atoms with Crippen molar-refractivity contribution in [2.45, 2.75) is 25.8 Å². The summed E-state index contributed by atoms with van der Waals surface area (Å²) in [5.41, 5.74) is 6.85. The quantitative estimate of drug-likeness (QED) is 0.539. The number of benzene rings is 2. The molecule has 2 aromatic carbocycles. The molecule has 0 saturated carbocycles. The summed E-state index contributed by atoms with van der Waals surface area (Å²) in [5, 5.41) is 11.2. The lowest BCUT2D eigenvalue weighted by molar-refractivity contribution is 0.182. The largest absolute Gasteiger partial charge is 0.453 e. The molecule has 0 aliphatic rings. The van der Waals surface area contributed by atoms with Crippen LogP contribution >= 0.6 is 0 Å². The highest BCUT2D eigenvalue weighted by Gasteiger charge is 2.07. The minimum atomic E-state index is -0.745. The summed E-state index contributed by atoms with van der Waals surface area (Å²) in [5.74, 6) is 12.0. The second-order valence-corrected chi connectivity index (χ2v) is 5.93. The number of nitrogens with two attached hydrogens (primary N) is 1. The van der Waals surface area contributed by atoms with E-state index in [0.717, 1.165) is 19.3 Å². The minimum absolute atomic E-state index is 0.237. The van der Waals surface area contributed by atoms with Crippen molar-refractivity contribution >= 4 is 27.9 Å². The van der Waals surface area contributed by atoms with Gasteiger partial charge in [0.25, 0.3) is 0 Å². The Morgan fingerprint density at radius 1 is 1.00 bits per heavy atom. The van der Waals surface area contributed by atoms with Crippen molar-refractivity contribution < 1.29 is 14.6 Å². The average molecular weight is 376 g/mol. The number of amides is 1. The van der Waals surface area contributed by atoms with Gasteiger partial charge in [-0.25, -0.2) is 4.79 Å². The van der Waals surface area contributed by atoms with Crippen molar-refractivity contribution in [2.24, 2.45) is 5.73 Å². The fourth-order valence-electron chi connectivity index (χ4n) is 2.77. The standard InChI is InChI=1S/C21H19NO.C2H5NO2/c23-17-11-5-3-1-2-4-10-16-22-20-14-8-6-12-18(20)19-13-7-9-15-21(19)22;1-5-2(3)4/h6-9,12-15,23H,3,5,11,16-17H2;1H3,(H2,3,4). The molecule has 1 aromatic heterocycles. The number of hydrogen-bond donors (Lipinski definition) is 2. The van der Waals surface area contributed by atoms with Gasteiger partial charge in [0.15, 0.2) is 0 Å². The van der Waals surface area contributed by atoms with E-state index in [-0.39, 0.29) is 6.61 Å². The van der Waals surface area contributed by atoms with Crippen molar-refractivity contribution in [3.8, 4) is 23.7 Å². The van der Waals surface area contributed by atoms with Crippen LogP contribution in [0.15, 0.2) is 48.5 Å². The van der Waals surface area contributed by atoms with Crippen LogP contribution in [0.1, 0.15) is 19.3 Å². The monoisotopic (exact) mass is 376 g/mol. The number of aliphatic hydroxyl groups excluding tert-OH is 1. The number of aliphatic hydroxyl groups is 1. The summed E-state index contributed by atoms with van der Waals surface area (Å²) in [6.07, 6.45) is 1.79. The Morgan fingerprint density at radius 2 is 1.54 bits per heavy atom. The van der Waals surface area contributed by atoms with Gasteiger partial charge in [0.05, 0.1) is 13.7 Å². The molecule has 0 atom stereocenters. The Morgan fingerprint density at radius 3 is 2.07 bits per heavy atom. The normalized spacial score (nSPS) is 9.50. The Balaban J connectivity index is 0.000000500. The lowest BCUT2D eigenvalue weighted by Gasteiger charge is -2.01. The first-order chi connectivity index (χ1) is 13.7. The van der Waals surface area contributed by atoms with E-state index in [4.69, 9.17) is 5.11 Å². The van der Waals surface area contributed by atoms with E-state index in [1.165, 1.54) is 28.9 Å². The molecule has 3 aromatic rings. The van der Waals surface area contributed by atoms with E-state index in [1.807, 2.05) is 0 Å². The SMILES string of the molecule is COC(N)=O.OCCCCC#CC#CCn1c2ccccc2c2ccccc21. The number of carbonyl (C=O) groups is 1. The van der Waals surface area contributed by atoms with Crippen LogP contribution in [0.25, 0.3) is 21.8 Å². The number of hydrogen-bond acceptors (Lipinski definition) is 3. The number of carbonyl (C=O) groups excluding carboxylic acids is 1. The van der Waals surface area contributed by atoms with E-state index < -0.39 is 6.09 Å². The van der Waals surface area contributed by atoms with E-state index in [2.05, 4.69) is 87.3 Å². The van der Waals surface area contributed by atoms with E-state index in [0.29, 0.717) is 6.54 Å². The Bertz CT molecular complexity index is 992. The maximum atomic E-state index is 9.37. The molecule has 0 aliphatic heterocycles. The zero-order chi connectivity index (χ0) is 20.2. The van der Waals surface area contributed by atoms with Crippen molar-refractivity contribution in [3.63, 3.8) is 0 Å². The molecule has 5 nitrogen and oxygen atoms in total. The van der Waals surface area contributed by atoms with Gasteiger partial charge in [0.1, 0.15) is 0 Å². The number of unbranched alkanes of at least 4 members (excludes halogenated alkanes) is 2. The highest BCUT2D eigenvalue weighted by Crippen LogP contribution is 2.28. The summed E-state index contributed by atoms with van der Waals surface area (Å²) in [4.78, 5) is 9.37. The van der Waals surface area contributed by atoms with Gasteiger partial charge >= 0.3 is 6.09 Å². The molecular formula is C23H24N2O3. The van der Waals surface area contributed by atoms with Crippen LogP contribution in [0.4, 0.5) is 4.79 Å². The van der Waals surface area contributed by atoms with Gasteiger partial charge < -0.3 is 20.1 Å². The molecule has 0 radical (unpaired) electrons. The first-order valence-corrected chi connectivity index (χ1v) is 9.05. The Hall–Kier alpha value is -3.41. The molecule has 28 heavy (non-hydrogen) atoms. The highest BCUT2D eigenvalue weighted by molar-refractivity contribution is 6.08. The van der Waals surface area contributed by atoms with Gasteiger partial charge in [-0.1, -0.05) is 48.2 Å². The summed E-state index contributed by atoms with van der Waals surface area (Å²) in [6, 6.07) is 16.9. The zero-order valence-corrected chi connectivity index (χ0v) is 15.9. The summed E-state index contributed by atoms with van der Waals surface area (Å²) >= 11 is 0. The molecule has 1 heterocycles. The molecule has 0 unspecified atom stereocenters. The number of methoxy groups -OCH3 is 1. The van der Waals surface area contributed by atoms with Crippen LogP contribution in [0, 0.1) is 23.7 Å². The maximum Gasteiger partial charge on any atom is 0.404 e. The van der Waals surface area contributed by atoms with E-state index in [9.17, 15) is 4.79 Å². The smallest absolute Gasteiger partial charge is 0.404 e. The molecule has 0 spiro atoms. The summed E-state index contributed by atoms with van der Waals surface area (Å²) in [7, 11) is 1.22. The molecule has 144 valence electrons. The fourth-order valence-corrected chi connectivity index (χ4v) is 2.77. The average Bonchev–Trinajstić information content (AvgIpc) is 3.04. The van der Waals surface area contributed by atoms with Crippen LogP contribution in [0.5, 0.6) is 0 Å². The number of ether oxygens (including phenoxy) is 1. The fraction of sp³-hybridized carbons (Fsp3) is 0.261. The molecule has 1 amide bonds. The van der Waals surface area contributed by atoms with Gasteiger partial charge in [-0.15, -0.1) is 0 Å². The van der Waals surface area contributed by atoms with Crippen LogP contribution in [0.2, 0.25) is 0 Å². The number of rotatable bonds is 4. The first kappa shape index (κ1) is 20.9. The molecule has 0 fully saturated rings. The van der Waals surface area contributed by atoms with E-state index >= 15 is 0 Å².